The molecule has 43 heavy (non-hydrogen) atoms. The van der Waals surface area contributed by atoms with Gasteiger partial charge in [-0.25, -0.2) is 18.2 Å². The highest BCUT2D eigenvalue weighted by atomic mass is 32.2. The van der Waals surface area contributed by atoms with Gasteiger partial charge in [0.25, 0.3) is 5.56 Å². The summed E-state index contributed by atoms with van der Waals surface area (Å²) in [7, 11) is 3.06. The smallest absolute Gasteiger partial charge is 0.332 e. The molecule has 3 unspecified atom stereocenters. The molecule has 0 spiro atoms. The fourth-order valence-electron chi connectivity index (χ4n) is 6.53. The van der Waals surface area contributed by atoms with E-state index >= 15 is 0 Å². The van der Waals surface area contributed by atoms with Crippen LogP contribution in [0.2, 0.25) is 0 Å². The van der Waals surface area contributed by atoms with Crippen LogP contribution in [0.1, 0.15) is 30.7 Å². The summed E-state index contributed by atoms with van der Waals surface area (Å²) in [5.74, 6) is -1.42. The number of aromatic nitrogens is 4. The molecule has 6 atom stereocenters. The number of likely N-dealkylation sites (N-methyl/N-ethyl adjacent to an activating group) is 1. The SMILES string of the molecule is C[N+]1(C)[C@@H]2CC(OC(=O)[C@H](CO)c3ccccc3)C[C@H]1C1OC12.Cn1c(=O)c2c(ncn2CCCS(=O)(=O)[O-])n(C)c1=O. The summed E-state index contributed by atoms with van der Waals surface area (Å²) in [6, 6.07) is 10.2. The lowest BCUT2D eigenvalue weighted by Crippen LogP contribution is -2.60. The lowest BCUT2D eigenvalue weighted by molar-refractivity contribution is -0.938. The first-order valence-electron chi connectivity index (χ1n) is 14.1. The number of benzene rings is 1. The first-order chi connectivity index (χ1) is 20.2. The molecule has 5 heterocycles. The van der Waals surface area contributed by atoms with Crippen molar-refractivity contribution in [3.63, 3.8) is 0 Å². The predicted molar refractivity (Wildman–Crippen MR) is 153 cm³/mol. The summed E-state index contributed by atoms with van der Waals surface area (Å²) in [6.45, 7) is -0.0657. The highest BCUT2D eigenvalue weighted by Crippen LogP contribution is 2.51. The summed E-state index contributed by atoms with van der Waals surface area (Å²) in [6.07, 6.45) is 3.76. The molecule has 3 aliphatic heterocycles. The zero-order valence-electron chi connectivity index (χ0n) is 24.5. The number of epoxide rings is 1. The van der Waals surface area contributed by atoms with Crippen molar-refractivity contribution >= 4 is 27.3 Å². The van der Waals surface area contributed by atoms with Crippen molar-refractivity contribution in [1.82, 2.24) is 18.7 Å². The summed E-state index contributed by atoms with van der Waals surface area (Å²) < 4.78 is 47.8. The number of rotatable bonds is 8. The standard InChI is InChI=1S/C18H24NO4.C10H14N4O5S/c1-19(2)14-8-12(9-15(19)17-16(14)23-17)22-18(21)13(10-20)11-6-4-3-5-7-11;1-12-8-7(9(15)13(2)10(12)16)14(6-11-8)4-3-5-20(17,18)19/h3-7,12-17,20H,8-10H2,1-2H3;6H,3-5H2,1-2H3,(H,17,18,19)/q+1;/p-1/t12?,13-,14-,15+,16?,17?;/m1./s1. The number of esters is 1. The summed E-state index contributed by atoms with van der Waals surface area (Å²) in [5, 5.41) is 9.60. The second-order valence-electron chi connectivity index (χ2n) is 11.9. The molecule has 6 rings (SSSR count). The molecule has 15 heteroatoms. The highest BCUT2D eigenvalue weighted by molar-refractivity contribution is 7.85. The van der Waals surface area contributed by atoms with E-state index in [1.807, 2.05) is 30.3 Å². The van der Waals surface area contributed by atoms with Gasteiger partial charge in [-0.05, 0) is 12.0 Å². The van der Waals surface area contributed by atoms with E-state index in [1.54, 1.807) is 0 Å². The van der Waals surface area contributed by atoms with Crippen LogP contribution in [0.4, 0.5) is 0 Å². The second kappa shape index (κ2) is 11.6. The zero-order chi connectivity index (χ0) is 31.3. The van der Waals surface area contributed by atoms with Gasteiger partial charge in [0, 0.05) is 39.2 Å². The maximum Gasteiger partial charge on any atom is 0.332 e. The number of imidazole rings is 1. The van der Waals surface area contributed by atoms with Gasteiger partial charge in [0.1, 0.15) is 36.3 Å². The summed E-state index contributed by atoms with van der Waals surface area (Å²) >= 11 is 0. The Kier molecular flexibility index (Phi) is 8.39. The first kappa shape index (κ1) is 31.1. The van der Waals surface area contributed by atoms with E-state index < -0.39 is 33.0 Å². The molecule has 2 aromatic heterocycles. The Morgan fingerprint density at radius 3 is 2.35 bits per heavy atom. The third-order valence-electron chi connectivity index (χ3n) is 9.00. The van der Waals surface area contributed by atoms with Crippen LogP contribution in [0, 0.1) is 0 Å². The molecule has 0 radical (unpaired) electrons. The minimum Gasteiger partial charge on any atom is -0.748 e. The Hall–Kier alpha value is -3.37. The van der Waals surface area contributed by atoms with Gasteiger partial charge in [0.15, 0.2) is 11.2 Å². The molecule has 234 valence electrons. The number of aliphatic hydroxyl groups is 1. The number of quaternary nitrogens is 1. The van der Waals surface area contributed by atoms with Gasteiger partial charge in [-0.2, -0.15) is 0 Å². The Bertz CT molecular complexity index is 1710. The van der Waals surface area contributed by atoms with Crippen LogP contribution >= 0.6 is 0 Å². The normalized spacial score (nSPS) is 25.9. The van der Waals surface area contributed by atoms with E-state index in [9.17, 15) is 32.5 Å². The Balaban J connectivity index is 0.000000173. The highest BCUT2D eigenvalue weighted by Gasteiger charge is 2.70. The number of aliphatic hydroxyl groups excluding tert-OH is 1. The number of nitrogens with zero attached hydrogens (tertiary/aromatic N) is 5. The maximum atomic E-state index is 12.5. The number of piperidine rings is 1. The molecule has 0 saturated carbocycles. The van der Waals surface area contributed by atoms with E-state index in [1.165, 1.54) is 29.6 Å². The molecular formula is C28H37N5O9S. The van der Waals surface area contributed by atoms with E-state index in [2.05, 4.69) is 19.1 Å². The van der Waals surface area contributed by atoms with Crippen LogP contribution in [-0.4, -0.2) is 104 Å². The van der Waals surface area contributed by atoms with E-state index in [0.717, 1.165) is 27.5 Å². The lowest BCUT2D eigenvalue weighted by atomic mass is 9.95. The number of fused-ring (bicyclic) bond motifs is 6. The van der Waals surface area contributed by atoms with Crippen LogP contribution in [0.15, 0.2) is 46.2 Å². The molecule has 0 amide bonds. The van der Waals surface area contributed by atoms with Crippen molar-refractivity contribution in [2.45, 2.75) is 62.1 Å². The van der Waals surface area contributed by atoms with Crippen molar-refractivity contribution in [1.29, 1.82) is 0 Å². The zero-order valence-corrected chi connectivity index (χ0v) is 25.3. The number of carbonyl (C=O) groups excluding carboxylic acids is 1. The third kappa shape index (κ3) is 6.04. The van der Waals surface area contributed by atoms with Gasteiger partial charge in [0.05, 0.1) is 37.1 Å². The molecule has 3 saturated heterocycles. The summed E-state index contributed by atoms with van der Waals surface area (Å²) in [4.78, 5) is 40.3. The number of hydrogen-bond donors (Lipinski definition) is 1. The molecule has 3 fully saturated rings. The van der Waals surface area contributed by atoms with Crippen molar-refractivity contribution in [2.24, 2.45) is 14.1 Å². The molecule has 1 aromatic carbocycles. The average Bonchev–Trinajstić information content (AvgIpc) is 3.60. The van der Waals surface area contributed by atoms with E-state index in [4.69, 9.17) is 9.47 Å². The van der Waals surface area contributed by atoms with E-state index in [-0.39, 0.29) is 42.8 Å². The maximum absolute atomic E-state index is 12.5. The Labute approximate surface area is 248 Å². The van der Waals surface area contributed by atoms with Gasteiger partial charge in [-0.1, -0.05) is 30.3 Å². The average molecular weight is 620 g/mol. The van der Waals surface area contributed by atoms with Crippen LogP contribution in [0.5, 0.6) is 0 Å². The van der Waals surface area contributed by atoms with Gasteiger partial charge in [0.2, 0.25) is 0 Å². The molecule has 3 aromatic rings. The quantitative estimate of drug-likeness (QED) is 0.149. The third-order valence-corrected chi connectivity index (χ3v) is 9.79. The monoisotopic (exact) mass is 619 g/mol. The largest absolute Gasteiger partial charge is 0.748 e. The van der Waals surface area contributed by atoms with Gasteiger partial charge >= 0.3 is 11.7 Å². The van der Waals surface area contributed by atoms with Crippen LogP contribution in [-0.2, 0) is 45.0 Å². The molecule has 0 aliphatic carbocycles. The van der Waals surface area contributed by atoms with Crippen LogP contribution < -0.4 is 11.2 Å². The van der Waals surface area contributed by atoms with Crippen molar-refractivity contribution < 1.29 is 36.8 Å². The minimum absolute atomic E-state index is 0.0576. The van der Waals surface area contributed by atoms with Crippen molar-refractivity contribution in [2.75, 3.05) is 26.5 Å². The van der Waals surface area contributed by atoms with Gasteiger partial charge in [-0.15, -0.1) is 0 Å². The van der Waals surface area contributed by atoms with Gasteiger partial charge in [-0.3, -0.25) is 18.7 Å². The fraction of sp³-hybridized carbons (Fsp3) is 0.571. The topological polar surface area (TPSA) is 178 Å². The van der Waals surface area contributed by atoms with Crippen LogP contribution in [0.3, 0.4) is 0 Å². The Morgan fingerprint density at radius 1 is 1.14 bits per heavy atom. The van der Waals surface area contributed by atoms with Crippen molar-refractivity contribution in [3.8, 4) is 0 Å². The fourth-order valence-corrected chi connectivity index (χ4v) is 7.01. The first-order valence-corrected chi connectivity index (χ1v) is 15.7. The Morgan fingerprint density at radius 2 is 1.77 bits per heavy atom. The summed E-state index contributed by atoms with van der Waals surface area (Å²) in [5.41, 5.74) is 0.238. The number of hydrogen-bond acceptors (Lipinski definition) is 10. The molecule has 14 nitrogen and oxygen atoms in total. The van der Waals surface area contributed by atoms with Gasteiger partial charge < -0.3 is 28.2 Å². The predicted octanol–water partition coefficient (Wildman–Crippen LogP) is -0.568. The second-order valence-corrected chi connectivity index (χ2v) is 13.5. The molecule has 1 N–H and O–H groups in total. The number of aryl methyl sites for hydroxylation is 2. The number of morpholine rings is 1. The molecular weight excluding hydrogens is 582 g/mol. The number of carbonyl (C=O) groups is 1. The molecule has 2 bridgehead atoms. The minimum atomic E-state index is -4.29. The van der Waals surface area contributed by atoms with Crippen LogP contribution in [0.25, 0.3) is 11.2 Å². The molecule has 3 aliphatic rings. The number of ether oxygens (including phenoxy) is 2. The lowest BCUT2D eigenvalue weighted by Gasteiger charge is -2.45. The van der Waals surface area contributed by atoms with Crippen molar-refractivity contribution in [3.05, 3.63) is 63.1 Å². The van der Waals surface area contributed by atoms with E-state index in [0.29, 0.717) is 24.3 Å².